The van der Waals surface area contributed by atoms with Crippen LogP contribution in [0.15, 0.2) is 89.9 Å². The van der Waals surface area contributed by atoms with E-state index in [4.69, 9.17) is 0 Å². The molecule has 4 aromatic rings. The number of aromatic nitrogens is 2. The Morgan fingerprint density at radius 1 is 1.10 bits per heavy atom. The molecular weight excluding hydrogens is 532 g/mol. The zero-order chi connectivity index (χ0) is 29.6. The molecule has 3 heterocycles. The topological polar surface area (TPSA) is 116 Å². The lowest BCUT2D eigenvalue weighted by atomic mass is 9.82. The molecule has 2 aliphatic rings. The summed E-state index contributed by atoms with van der Waals surface area (Å²) in [6.45, 7) is 2.02. The first-order valence-corrected chi connectivity index (χ1v) is 14.0. The molecule has 2 N–H and O–H groups in total. The van der Waals surface area contributed by atoms with Crippen molar-refractivity contribution in [2.45, 2.75) is 38.0 Å². The molecule has 0 unspecified atom stereocenters. The summed E-state index contributed by atoms with van der Waals surface area (Å²) < 4.78 is 1.26. The number of hydrogen-bond acceptors (Lipinski definition) is 6. The fourth-order valence-electron chi connectivity index (χ4n) is 6.12. The molecule has 3 atom stereocenters. The van der Waals surface area contributed by atoms with E-state index in [1.54, 1.807) is 67.6 Å². The molecule has 214 valence electrons. The number of carbonyl (C=O) groups is 2. The summed E-state index contributed by atoms with van der Waals surface area (Å²) in [5.41, 5.74) is 1.32. The molecule has 1 aromatic heterocycles. The molecule has 0 saturated carbocycles. The molecule has 42 heavy (non-hydrogen) atoms. The van der Waals surface area contributed by atoms with Gasteiger partial charge >= 0.3 is 0 Å². The Balaban J connectivity index is 1.26. The van der Waals surface area contributed by atoms with Crippen LogP contribution in [0.4, 0.5) is 5.69 Å². The van der Waals surface area contributed by atoms with Crippen molar-refractivity contribution in [2.24, 2.45) is 5.92 Å². The summed E-state index contributed by atoms with van der Waals surface area (Å²) in [5, 5.41) is 27.4. The number of anilines is 1. The first kappa shape index (κ1) is 27.6. The normalized spacial score (nSPS) is 20.7. The molecule has 0 bridgehead atoms. The molecule has 0 aliphatic carbocycles. The number of hydrogen-bond donors (Lipinski definition) is 2. The van der Waals surface area contributed by atoms with Crippen molar-refractivity contribution >= 4 is 28.3 Å². The van der Waals surface area contributed by atoms with Gasteiger partial charge in [-0.05, 0) is 41.8 Å². The van der Waals surface area contributed by atoms with Gasteiger partial charge in [-0.15, -0.1) is 0 Å². The molecule has 3 aromatic carbocycles. The van der Waals surface area contributed by atoms with E-state index < -0.39 is 17.4 Å². The van der Waals surface area contributed by atoms with Gasteiger partial charge in [-0.25, -0.2) is 0 Å². The molecule has 2 aliphatic heterocycles. The van der Waals surface area contributed by atoms with Crippen LogP contribution in [0.1, 0.15) is 30.0 Å². The van der Waals surface area contributed by atoms with Gasteiger partial charge in [-0.3, -0.25) is 14.4 Å². The molecule has 2 amide bonds. The van der Waals surface area contributed by atoms with Crippen molar-refractivity contribution in [3.05, 3.63) is 112 Å². The van der Waals surface area contributed by atoms with Crippen LogP contribution >= 0.6 is 0 Å². The van der Waals surface area contributed by atoms with E-state index in [0.29, 0.717) is 35.3 Å². The first-order valence-electron chi connectivity index (χ1n) is 14.0. The number of likely N-dealkylation sites (N-methyl/N-ethyl adjacent to an activating group) is 1. The third-order valence-electron chi connectivity index (χ3n) is 8.59. The zero-order valence-electron chi connectivity index (χ0n) is 23.5. The summed E-state index contributed by atoms with van der Waals surface area (Å²) in [6, 6.07) is 19.8. The van der Waals surface area contributed by atoms with Gasteiger partial charge in [-0.1, -0.05) is 61.5 Å². The fraction of sp³-hybridized carbons (Fsp3) is 0.273. The second-order valence-electron chi connectivity index (χ2n) is 11.0. The molecule has 0 saturated heterocycles. The van der Waals surface area contributed by atoms with Crippen molar-refractivity contribution in [1.29, 1.82) is 0 Å². The fourth-order valence-corrected chi connectivity index (χ4v) is 6.12. The minimum atomic E-state index is -1.90. The maximum absolute atomic E-state index is 13.4. The van der Waals surface area contributed by atoms with Crippen LogP contribution in [-0.4, -0.2) is 56.4 Å². The average molecular weight is 565 g/mol. The van der Waals surface area contributed by atoms with Crippen LogP contribution in [0.25, 0.3) is 16.5 Å². The molecule has 0 spiro atoms. The molecule has 6 rings (SSSR count). The summed E-state index contributed by atoms with van der Waals surface area (Å²) in [5.74, 6) is -1.32. The number of amides is 2. The van der Waals surface area contributed by atoms with E-state index in [0.717, 1.165) is 16.5 Å². The van der Waals surface area contributed by atoms with Gasteiger partial charge in [0, 0.05) is 36.9 Å². The number of aliphatic hydroxyl groups is 2. The molecule has 0 radical (unpaired) electrons. The monoisotopic (exact) mass is 564 g/mol. The number of rotatable bonds is 6. The lowest BCUT2D eigenvalue weighted by Crippen LogP contribution is -2.46. The highest BCUT2D eigenvalue weighted by atomic mass is 16.3. The number of benzene rings is 3. The number of aliphatic hydroxyl groups excluding tert-OH is 1. The van der Waals surface area contributed by atoms with E-state index >= 15 is 0 Å². The van der Waals surface area contributed by atoms with Gasteiger partial charge in [0.2, 0.25) is 5.91 Å². The number of carbonyl (C=O) groups excluding carboxylic acids is 2. The van der Waals surface area contributed by atoms with Crippen molar-refractivity contribution in [1.82, 2.24) is 14.7 Å². The average Bonchev–Trinajstić information content (AvgIpc) is 3.21. The Kier molecular flexibility index (Phi) is 7.00. The summed E-state index contributed by atoms with van der Waals surface area (Å²) in [4.78, 5) is 42.9. The third-order valence-corrected chi connectivity index (χ3v) is 8.59. The summed E-state index contributed by atoms with van der Waals surface area (Å²) in [6.07, 6.45) is 5.61. The minimum Gasteiger partial charge on any atom is -0.394 e. The van der Waals surface area contributed by atoms with E-state index in [-0.39, 0.29) is 30.5 Å². The molecule has 9 nitrogen and oxygen atoms in total. The van der Waals surface area contributed by atoms with Gasteiger partial charge in [0.25, 0.3) is 11.5 Å². The minimum absolute atomic E-state index is 0.0619. The maximum atomic E-state index is 13.4. The maximum Gasteiger partial charge on any atom is 0.279 e. The Labute approximate surface area is 242 Å². The summed E-state index contributed by atoms with van der Waals surface area (Å²) >= 11 is 0. The second-order valence-corrected chi connectivity index (χ2v) is 11.0. The largest absolute Gasteiger partial charge is 0.394 e. The lowest BCUT2D eigenvalue weighted by molar-refractivity contribution is -0.139. The van der Waals surface area contributed by atoms with E-state index in [1.165, 1.54) is 9.58 Å². The second kappa shape index (κ2) is 10.7. The van der Waals surface area contributed by atoms with E-state index in [9.17, 15) is 24.6 Å². The molecule has 9 heteroatoms. The Hall–Kier alpha value is -4.60. The van der Waals surface area contributed by atoms with Crippen LogP contribution < -0.4 is 10.5 Å². The SMILES string of the molecule is C[C@H](/C=C/CC(=O)N1Cc2ccccc2C[C@H]1CO)[C@@]1(O)C(=O)N(C)c2ccc(-n3ncc4ccccc4c3=O)cc21. The summed E-state index contributed by atoms with van der Waals surface area (Å²) in [7, 11) is 1.60. The van der Waals surface area contributed by atoms with Crippen LogP contribution in [0.3, 0.4) is 0 Å². The van der Waals surface area contributed by atoms with Crippen molar-refractivity contribution in [3.8, 4) is 5.69 Å². The first-order chi connectivity index (χ1) is 20.2. The Bertz CT molecular complexity index is 1800. The van der Waals surface area contributed by atoms with Crippen molar-refractivity contribution in [3.63, 3.8) is 0 Å². The lowest BCUT2D eigenvalue weighted by Gasteiger charge is -2.36. The van der Waals surface area contributed by atoms with Crippen LogP contribution in [-0.2, 0) is 28.2 Å². The highest BCUT2D eigenvalue weighted by Crippen LogP contribution is 2.45. The zero-order valence-corrected chi connectivity index (χ0v) is 23.5. The Morgan fingerprint density at radius 3 is 2.62 bits per heavy atom. The van der Waals surface area contributed by atoms with E-state index in [1.807, 2.05) is 36.4 Å². The van der Waals surface area contributed by atoms with Gasteiger partial charge in [0.05, 0.1) is 35.6 Å². The van der Waals surface area contributed by atoms with Crippen molar-refractivity contribution < 1.29 is 19.8 Å². The predicted molar refractivity (Wildman–Crippen MR) is 159 cm³/mol. The smallest absolute Gasteiger partial charge is 0.279 e. The molecule has 0 fully saturated rings. The molecular formula is C33H32N4O5. The number of nitrogens with zero attached hydrogens (tertiary/aromatic N) is 4. The highest BCUT2D eigenvalue weighted by Gasteiger charge is 2.51. The predicted octanol–water partition coefficient (Wildman–Crippen LogP) is 3.08. The highest BCUT2D eigenvalue weighted by molar-refractivity contribution is 6.07. The Morgan fingerprint density at radius 2 is 1.83 bits per heavy atom. The third kappa shape index (κ3) is 4.42. The van der Waals surface area contributed by atoms with Crippen molar-refractivity contribution in [2.75, 3.05) is 18.6 Å². The van der Waals surface area contributed by atoms with Crippen LogP contribution in [0, 0.1) is 5.92 Å². The van der Waals surface area contributed by atoms with Gasteiger partial charge < -0.3 is 20.0 Å². The quantitative estimate of drug-likeness (QED) is 0.348. The number of fused-ring (bicyclic) bond motifs is 3. The van der Waals surface area contributed by atoms with Gasteiger partial charge in [0.15, 0.2) is 5.60 Å². The van der Waals surface area contributed by atoms with Gasteiger partial charge in [0.1, 0.15) is 0 Å². The standard InChI is InChI=1S/C33H32N4O5/c1-21(8-7-13-30(39)36-19-24-11-4-3-9-22(24)16-26(36)20-38)33(42)28-17-25(14-15-29(28)35(2)32(33)41)37-31(40)27-12-6-5-10-23(27)18-34-37/h3-12,14-15,17-18,21,26,38,42H,13,16,19-20H2,1-2H3/b8-7+/t21-,26+,33+/m1/s1. The van der Waals surface area contributed by atoms with Crippen LogP contribution in [0.5, 0.6) is 0 Å². The van der Waals surface area contributed by atoms with E-state index in [2.05, 4.69) is 5.10 Å². The van der Waals surface area contributed by atoms with Crippen LogP contribution in [0.2, 0.25) is 0 Å². The van der Waals surface area contributed by atoms with Gasteiger partial charge in [-0.2, -0.15) is 9.78 Å².